The van der Waals surface area contributed by atoms with Gasteiger partial charge in [0.05, 0.1) is 10.8 Å². The van der Waals surface area contributed by atoms with Gasteiger partial charge >= 0.3 is 5.97 Å². The molecule has 1 heterocycles. The van der Waals surface area contributed by atoms with Crippen molar-refractivity contribution in [1.82, 2.24) is 10.0 Å². The minimum Gasteiger partial charge on any atom is -0.481 e. The van der Waals surface area contributed by atoms with Gasteiger partial charge in [0.15, 0.2) is 0 Å². The van der Waals surface area contributed by atoms with E-state index in [-0.39, 0.29) is 29.5 Å². The summed E-state index contributed by atoms with van der Waals surface area (Å²) in [6, 6.07) is 5.44. The highest BCUT2D eigenvalue weighted by molar-refractivity contribution is 7.89. The molecule has 1 aliphatic heterocycles. The molecule has 0 aliphatic carbocycles. The number of carbonyl (C=O) groups excluding carboxylic acids is 1. The minimum absolute atomic E-state index is 0.0137. The topological polar surface area (TPSA) is 122 Å². The summed E-state index contributed by atoms with van der Waals surface area (Å²) in [5, 5.41) is 12.1. The van der Waals surface area contributed by atoms with Crippen LogP contribution in [0.15, 0.2) is 41.8 Å². The monoisotopic (exact) mass is 396 g/mol. The lowest BCUT2D eigenvalue weighted by Gasteiger charge is -2.27. The van der Waals surface area contributed by atoms with Crippen molar-refractivity contribution in [3.8, 4) is 0 Å². The van der Waals surface area contributed by atoms with Gasteiger partial charge in [-0.2, -0.15) is 0 Å². The molecule has 0 saturated carbocycles. The van der Waals surface area contributed by atoms with Crippen LogP contribution >= 0.6 is 0 Å². The first-order valence-corrected chi connectivity index (χ1v) is 10.1. The zero-order valence-corrected chi connectivity index (χ0v) is 15.7. The summed E-state index contributed by atoms with van der Waals surface area (Å²) in [6.45, 7) is 4.62. The summed E-state index contributed by atoms with van der Waals surface area (Å²) in [4.78, 5) is 23.8. The van der Waals surface area contributed by atoms with E-state index >= 15 is 0 Å². The maximum atomic E-state index is 12.3. The Balaban J connectivity index is 1.98. The molecular weight excluding hydrogens is 372 g/mol. The summed E-state index contributed by atoms with van der Waals surface area (Å²) in [5.41, 5.74) is 0.258. The number of hydrogen-bond donors (Lipinski definition) is 3. The molecule has 1 saturated heterocycles. The molecule has 8 nitrogen and oxygen atoms in total. The van der Waals surface area contributed by atoms with Crippen molar-refractivity contribution in [1.29, 1.82) is 0 Å². The number of carbonyl (C=O) groups is 2. The first-order chi connectivity index (χ1) is 12.8. The molecular formula is C18H24N2O6S. The van der Waals surface area contributed by atoms with Gasteiger partial charge in [-0.05, 0) is 43.0 Å². The molecule has 0 spiro atoms. The summed E-state index contributed by atoms with van der Waals surface area (Å²) in [5.74, 6) is -2.12. The Morgan fingerprint density at radius 2 is 1.89 bits per heavy atom. The van der Waals surface area contributed by atoms with Crippen LogP contribution in [0.5, 0.6) is 0 Å². The summed E-state index contributed by atoms with van der Waals surface area (Å²) < 4.78 is 31.6. The van der Waals surface area contributed by atoms with Crippen LogP contribution in [0.25, 0.3) is 0 Å². The number of amides is 1. The average Bonchev–Trinajstić information content (AvgIpc) is 2.67. The molecule has 1 aromatic carbocycles. The van der Waals surface area contributed by atoms with Gasteiger partial charge in [0, 0.05) is 31.9 Å². The Bertz CT molecular complexity index is 770. The lowest BCUT2D eigenvalue weighted by molar-refractivity contribution is -0.144. The molecule has 2 rings (SSSR count). The standard InChI is InChI=1S/C18H24N2O6S/c1-2-9-20-27(24,25)15-5-3-14(4-6-15)17(21)19-12-16(18(22)23)13-7-10-26-11-8-13/h2-6,13,16,20H,1,7-12H2,(H,19,21)(H,22,23). The van der Waals surface area contributed by atoms with E-state index in [1.165, 1.54) is 30.3 Å². The van der Waals surface area contributed by atoms with Gasteiger partial charge in [0.25, 0.3) is 5.91 Å². The van der Waals surface area contributed by atoms with Gasteiger partial charge in [-0.1, -0.05) is 6.08 Å². The summed E-state index contributed by atoms with van der Waals surface area (Å²) in [7, 11) is -3.66. The average molecular weight is 396 g/mol. The Hall–Kier alpha value is -2.23. The highest BCUT2D eigenvalue weighted by atomic mass is 32.2. The maximum absolute atomic E-state index is 12.3. The molecule has 148 valence electrons. The van der Waals surface area contributed by atoms with Crippen molar-refractivity contribution in [3.63, 3.8) is 0 Å². The third-order valence-electron chi connectivity index (χ3n) is 4.48. The van der Waals surface area contributed by atoms with E-state index in [0.29, 0.717) is 26.1 Å². The Morgan fingerprint density at radius 3 is 2.44 bits per heavy atom. The molecule has 1 fully saturated rings. The molecule has 9 heteroatoms. The van der Waals surface area contributed by atoms with E-state index in [0.717, 1.165) is 0 Å². The lowest BCUT2D eigenvalue weighted by atomic mass is 9.86. The molecule has 1 aliphatic rings. The van der Waals surface area contributed by atoms with E-state index < -0.39 is 27.8 Å². The Labute approximate surface area is 158 Å². The fourth-order valence-electron chi connectivity index (χ4n) is 2.92. The molecule has 1 amide bonds. The smallest absolute Gasteiger partial charge is 0.308 e. The number of carboxylic acids is 1. The van der Waals surface area contributed by atoms with Crippen LogP contribution in [0.3, 0.4) is 0 Å². The fraction of sp³-hybridized carbons (Fsp3) is 0.444. The van der Waals surface area contributed by atoms with Crippen LogP contribution in [0, 0.1) is 11.8 Å². The Kier molecular flexibility index (Phi) is 7.52. The van der Waals surface area contributed by atoms with Crippen LogP contribution in [0.2, 0.25) is 0 Å². The number of sulfonamides is 1. The number of rotatable bonds is 9. The van der Waals surface area contributed by atoms with Crippen LogP contribution in [-0.4, -0.2) is 51.7 Å². The van der Waals surface area contributed by atoms with Gasteiger partial charge in [-0.15, -0.1) is 6.58 Å². The first kappa shape index (κ1) is 21.1. The number of benzene rings is 1. The second kappa shape index (κ2) is 9.63. The van der Waals surface area contributed by atoms with Crippen molar-refractivity contribution in [2.45, 2.75) is 17.7 Å². The van der Waals surface area contributed by atoms with Gasteiger partial charge in [0.2, 0.25) is 10.0 Å². The van der Waals surface area contributed by atoms with E-state index in [9.17, 15) is 23.1 Å². The quantitative estimate of drug-likeness (QED) is 0.536. The van der Waals surface area contributed by atoms with E-state index in [4.69, 9.17) is 4.74 Å². The SMILES string of the molecule is C=CCNS(=O)(=O)c1ccc(C(=O)NCC(C(=O)O)C2CCOCC2)cc1. The first-order valence-electron chi connectivity index (χ1n) is 8.64. The normalized spacial score (nSPS) is 16.4. The van der Waals surface area contributed by atoms with Gasteiger partial charge < -0.3 is 15.2 Å². The van der Waals surface area contributed by atoms with Crippen molar-refractivity contribution in [2.24, 2.45) is 11.8 Å². The molecule has 1 aromatic rings. The minimum atomic E-state index is -3.66. The van der Waals surface area contributed by atoms with Crippen molar-refractivity contribution in [2.75, 3.05) is 26.3 Å². The number of aliphatic carboxylic acids is 1. The third kappa shape index (κ3) is 5.88. The molecule has 0 aromatic heterocycles. The van der Waals surface area contributed by atoms with Crippen molar-refractivity contribution < 1.29 is 27.9 Å². The van der Waals surface area contributed by atoms with Crippen LogP contribution in [-0.2, 0) is 19.6 Å². The third-order valence-corrected chi connectivity index (χ3v) is 5.92. The number of nitrogens with one attached hydrogen (secondary N) is 2. The highest BCUT2D eigenvalue weighted by Gasteiger charge is 2.30. The van der Waals surface area contributed by atoms with E-state index in [1.54, 1.807) is 0 Å². The fourth-order valence-corrected chi connectivity index (χ4v) is 3.91. The molecule has 1 atom stereocenters. The molecule has 3 N–H and O–H groups in total. The predicted octanol–water partition coefficient (Wildman–Crippen LogP) is 1.01. The van der Waals surface area contributed by atoms with Crippen molar-refractivity contribution in [3.05, 3.63) is 42.5 Å². The molecule has 27 heavy (non-hydrogen) atoms. The predicted molar refractivity (Wildman–Crippen MR) is 98.8 cm³/mol. The van der Waals surface area contributed by atoms with Gasteiger partial charge in [-0.25, -0.2) is 13.1 Å². The van der Waals surface area contributed by atoms with E-state index in [1.807, 2.05) is 0 Å². The van der Waals surface area contributed by atoms with Crippen LogP contribution in [0.4, 0.5) is 0 Å². The summed E-state index contributed by atoms with van der Waals surface area (Å²) in [6.07, 6.45) is 2.73. The molecule has 0 bridgehead atoms. The largest absolute Gasteiger partial charge is 0.481 e. The van der Waals surface area contributed by atoms with E-state index in [2.05, 4.69) is 16.6 Å². The lowest BCUT2D eigenvalue weighted by Crippen LogP contribution is -2.39. The molecule has 1 unspecified atom stereocenters. The number of hydrogen-bond acceptors (Lipinski definition) is 5. The Morgan fingerprint density at radius 1 is 1.26 bits per heavy atom. The van der Waals surface area contributed by atoms with Gasteiger partial charge in [0.1, 0.15) is 0 Å². The highest BCUT2D eigenvalue weighted by Crippen LogP contribution is 2.24. The number of carboxylic acid groups (broad SMARTS) is 1. The maximum Gasteiger partial charge on any atom is 0.308 e. The number of ether oxygens (including phenoxy) is 1. The van der Waals surface area contributed by atoms with Crippen LogP contribution in [0.1, 0.15) is 23.2 Å². The van der Waals surface area contributed by atoms with Crippen molar-refractivity contribution >= 4 is 21.9 Å². The zero-order chi connectivity index (χ0) is 19.9. The zero-order valence-electron chi connectivity index (χ0n) is 14.9. The van der Waals surface area contributed by atoms with Crippen LogP contribution < -0.4 is 10.0 Å². The molecule has 0 radical (unpaired) electrons. The second-order valence-electron chi connectivity index (χ2n) is 6.27. The second-order valence-corrected chi connectivity index (χ2v) is 8.04. The summed E-state index contributed by atoms with van der Waals surface area (Å²) >= 11 is 0. The van der Waals surface area contributed by atoms with Gasteiger partial charge in [-0.3, -0.25) is 9.59 Å².